The number of benzene rings is 1. The lowest BCUT2D eigenvalue weighted by Gasteiger charge is -2.27. The molecule has 0 fully saturated rings. The molecule has 0 amide bonds. The molecule has 1 rings (SSSR count). The van der Waals surface area contributed by atoms with Crippen molar-refractivity contribution in [3.05, 3.63) is 23.8 Å². The number of hydrogen-bond donors (Lipinski definition) is 4. The number of aromatic hydroxyl groups is 2. The van der Waals surface area contributed by atoms with Gasteiger partial charge < -0.3 is 20.6 Å². The van der Waals surface area contributed by atoms with E-state index in [1.54, 1.807) is 18.2 Å². The molecular weight excluding hydrogens is 230 g/mol. The average molecular weight is 253 g/mol. The average Bonchev–Trinajstić information content (AvgIpc) is 2.28. The molecule has 0 spiro atoms. The number of hydrogen-bond acceptors (Lipinski definition) is 4. The maximum absolute atomic E-state index is 9.79. The zero-order chi connectivity index (χ0) is 13.7. The molecule has 0 aliphatic carbocycles. The molecule has 0 aromatic heterocycles. The summed E-state index contributed by atoms with van der Waals surface area (Å²) >= 11 is 0. The molecule has 0 saturated heterocycles. The number of nitrogens with one attached hydrogen (secondary N) is 1. The van der Waals surface area contributed by atoms with E-state index in [4.69, 9.17) is 5.11 Å². The van der Waals surface area contributed by atoms with Crippen molar-refractivity contribution < 1.29 is 15.3 Å². The molecule has 4 heteroatoms. The van der Waals surface area contributed by atoms with Crippen LogP contribution in [0, 0.1) is 5.92 Å². The fourth-order valence-corrected chi connectivity index (χ4v) is 2.14. The van der Waals surface area contributed by atoms with Gasteiger partial charge in [0.05, 0.1) is 5.56 Å². The van der Waals surface area contributed by atoms with Gasteiger partial charge in [0.2, 0.25) is 0 Å². The topological polar surface area (TPSA) is 72.7 Å². The molecule has 2 unspecified atom stereocenters. The van der Waals surface area contributed by atoms with Crippen LogP contribution >= 0.6 is 0 Å². The number of aliphatic hydroxyl groups is 1. The van der Waals surface area contributed by atoms with Gasteiger partial charge in [-0.05, 0) is 31.4 Å². The third-order valence-electron chi connectivity index (χ3n) is 3.20. The summed E-state index contributed by atoms with van der Waals surface area (Å²) in [5.74, 6) is 0.538. The molecule has 0 heterocycles. The van der Waals surface area contributed by atoms with Crippen molar-refractivity contribution in [2.75, 3.05) is 6.61 Å². The minimum Gasteiger partial charge on any atom is -0.507 e. The van der Waals surface area contributed by atoms with Gasteiger partial charge in [-0.1, -0.05) is 19.9 Å². The van der Waals surface area contributed by atoms with Crippen LogP contribution in [0.1, 0.15) is 38.8 Å². The van der Waals surface area contributed by atoms with Crippen molar-refractivity contribution >= 4 is 0 Å². The highest BCUT2D eigenvalue weighted by Gasteiger charge is 2.20. The summed E-state index contributed by atoms with van der Waals surface area (Å²) in [6.07, 6.45) is 0.649. The number of phenolic OH excluding ortho intramolecular Hbond substituents is 2. The molecule has 2 atom stereocenters. The van der Waals surface area contributed by atoms with Crippen LogP contribution < -0.4 is 5.32 Å². The monoisotopic (exact) mass is 253 g/mol. The molecule has 4 nitrogen and oxygen atoms in total. The lowest BCUT2D eigenvalue weighted by atomic mass is 9.98. The van der Waals surface area contributed by atoms with Gasteiger partial charge in [0, 0.05) is 18.7 Å². The standard InChI is InChI=1S/C14H23NO3/c1-9(2)11(7-8-16)15-10(3)14-12(17)5-4-6-13(14)18/h4-6,9-11,15-18H,7-8H2,1-3H3. The summed E-state index contributed by atoms with van der Waals surface area (Å²) in [5.41, 5.74) is 0.501. The Morgan fingerprint density at radius 3 is 2.11 bits per heavy atom. The second-order valence-electron chi connectivity index (χ2n) is 4.96. The van der Waals surface area contributed by atoms with Gasteiger partial charge in [-0.25, -0.2) is 0 Å². The van der Waals surface area contributed by atoms with Gasteiger partial charge in [-0.3, -0.25) is 0 Å². The van der Waals surface area contributed by atoms with Crippen LogP contribution in [0.4, 0.5) is 0 Å². The Labute approximate surface area is 108 Å². The molecule has 1 aromatic rings. The largest absolute Gasteiger partial charge is 0.507 e. The molecule has 4 N–H and O–H groups in total. The maximum Gasteiger partial charge on any atom is 0.124 e. The summed E-state index contributed by atoms with van der Waals surface area (Å²) in [4.78, 5) is 0. The first-order chi connectivity index (χ1) is 8.47. The van der Waals surface area contributed by atoms with Crippen molar-refractivity contribution in [3.8, 4) is 11.5 Å². The van der Waals surface area contributed by atoms with E-state index in [1.807, 2.05) is 6.92 Å². The molecular formula is C14H23NO3. The molecule has 0 radical (unpaired) electrons. The van der Waals surface area contributed by atoms with Crippen LogP contribution in [0.15, 0.2) is 18.2 Å². The molecule has 18 heavy (non-hydrogen) atoms. The minimum absolute atomic E-state index is 0.0847. The summed E-state index contributed by atoms with van der Waals surface area (Å²) in [6, 6.07) is 4.69. The van der Waals surface area contributed by atoms with Crippen LogP contribution in [0.2, 0.25) is 0 Å². The van der Waals surface area contributed by atoms with E-state index in [0.717, 1.165) is 0 Å². The van der Waals surface area contributed by atoms with E-state index in [1.165, 1.54) is 0 Å². The zero-order valence-electron chi connectivity index (χ0n) is 11.2. The first-order valence-corrected chi connectivity index (χ1v) is 6.35. The summed E-state index contributed by atoms with van der Waals surface area (Å²) in [5, 5.41) is 32.0. The summed E-state index contributed by atoms with van der Waals surface area (Å²) in [6.45, 7) is 6.16. The van der Waals surface area contributed by atoms with E-state index < -0.39 is 0 Å². The highest BCUT2D eigenvalue weighted by molar-refractivity contribution is 5.44. The van der Waals surface area contributed by atoms with Crippen LogP contribution in [0.5, 0.6) is 11.5 Å². The predicted octanol–water partition coefficient (Wildman–Crippen LogP) is 2.16. The Bertz CT molecular complexity index is 359. The quantitative estimate of drug-likeness (QED) is 0.627. The molecule has 1 aromatic carbocycles. The van der Waals surface area contributed by atoms with Gasteiger partial charge in [0.25, 0.3) is 0 Å². The van der Waals surface area contributed by atoms with Crippen molar-refractivity contribution in [1.29, 1.82) is 0 Å². The lowest BCUT2D eigenvalue weighted by molar-refractivity contribution is 0.235. The number of rotatable bonds is 6. The van der Waals surface area contributed by atoms with Gasteiger partial charge in [-0.15, -0.1) is 0 Å². The van der Waals surface area contributed by atoms with Gasteiger partial charge in [-0.2, -0.15) is 0 Å². The van der Waals surface area contributed by atoms with Gasteiger partial charge >= 0.3 is 0 Å². The Kier molecular flexibility index (Phi) is 5.44. The maximum atomic E-state index is 9.79. The molecule has 0 aliphatic heterocycles. The second-order valence-corrected chi connectivity index (χ2v) is 4.96. The highest BCUT2D eigenvalue weighted by atomic mass is 16.3. The fourth-order valence-electron chi connectivity index (χ4n) is 2.14. The fraction of sp³-hybridized carbons (Fsp3) is 0.571. The minimum atomic E-state index is -0.176. The van der Waals surface area contributed by atoms with E-state index in [2.05, 4.69) is 19.2 Å². The smallest absolute Gasteiger partial charge is 0.124 e. The predicted molar refractivity (Wildman–Crippen MR) is 71.7 cm³/mol. The Balaban J connectivity index is 2.83. The van der Waals surface area contributed by atoms with Crippen molar-refractivity contribution in [2.45, 2.75) is 39.3 Å². The van der Waals surface area contributed by atoms with Gasteiger partial charge in [0.1, 0.15) is 11.5 Å². The molecule has 0 aliphatic rings. The van der Waals surface area contributed by atoms with Crippen LogP contribution in [-0.2, 0) is 0 Å². The first kappa shape index (κ1) is 14.8. The van der Waals surface area contributed by atoms with Crippen LogP contribution in [0.25, 0.3) is 0 Å². The van der Waals surface area contributed by atoms with Crippen molar-refractivity contribution in [2.24, 2.45) is 5.92 Å². The Hall–Kier alpha value is -1.26. The highest BCUT2D eigenvalue weighted by Crippen LogP contribution is 2.32. The van der Waals surface area contributed by atoms with Crippen molar-refractivity contribution in [3.63, 3.8) is 0 Å². The number of aliphatic hydroxyl groups excluding tert-OH is 1. The Morgan fingerprint density at radius 1 is 1.11 bits per heavy atom. The summed E-state index contributed by atoms with van der Waals surface area (Å²) in [7, 11) is 0. The Morgan fingerprint density at radius 2 is 1.67 bits per heavy atom. The normalized spacial score (nSPS) is 14.7. The number of phenols is 2. The van der Waals surface area contributed by atoms with E-state index in [-0.39, 0.29) is 30.2 Å². The lowest BCUT2D eigenvalue weighted by Crippen LogP contribution is -2.36. The molecule has 0 bridgehead atoms. The van der Waals surface area contributed by atoms with E-state index in [0.29, 0.717) is 17.9 Å². The van der Waals surface area contributed by atoms with Crippen LogP contribution in [-0.4, -0.2) is 28.0 Å². The first-order valence-electron chi connectivity index (χ1n) is 6.35. The zero-order valence-corrected chi connectivity index (χ0v) is 11.2. The molecule has 0 saturated carbocycles. The SMILES string of the molecule is CC(NC(CCO)C(C)C)c1c(O)cccc1O. The second kappa shape index (κ2) is 6.61. The third kappa shape index (κ3) is 3.62. The molecule has 102 valence electrons. The van der Waals surface area contributed by atoms with E-state index in [9.17, 15) is 10.2 Å². The van der Waals surface area contributed by atoms with Crippen LogP contribution in [0.3, 0.4) is 0 Å². The summed E-state index contributed by atoms with van der Waals surface area (Å²) < 4.78 is 0. The van der Waals surface area contributed by atoms with Gasteiger partial charge in [0.15, 0.2) is 0 Å². The van der Waals surface area contributed by atoms with E-state index >= 15 is 0 Å². The van der Waals surface area contributed by atoms with Crippen molar-refractivity contribution in [1.82, 2.24) is 5.32 Å². The third-order valence-corrected chi connectivity index (χ3v) is 3.20.